The van der Waals surface area contributed by atoms with Crippen molar-refractivity contribution in [3.05, 3.63) is 30.1 Å². The molecule has 3 heterocycles. The van der Waals surface area contributed by atoms with Crippen LogP contribution >= 0.6 is 0 Å². The minimum Gasteiger partial charge on any atom is -0.383 e. The van der Waals surface area contributed by atoms with Gasteiger partial charge in [-0.25, -0.2) is 0 Å². The molecule has 1 spiro atoms. The molecule has 2 aliphatic rings. The van der Waals surface area contributed by atoms with E-state index < -0.39 is 0 Å². The second-order valence-corrected chi connectivity index (χ2v) is 6.62. The average molecular weight is 289 g/mol. The van der Waals surface area contributed by atoms with Gasteiger partial charge >= 0.3 is 0 Å². The van der Waals surface area contributed by atoms with E-state index in [0.29, 0.717) is 5.41 Å². The van der Waals surface area contributed by atoms with Gasteiger partial charge in [0.2, 0.25) is 0 Å². The number of aromatic nitrogens is 1. The zero-order valence-corrected chi connectivity index (χ0v) is 13.1. The first-order chi connectivity index (χ1) is 10.3. The van der Waals surface area contributed by atoms with Gasteiger partial charge in [0, 0.05) is 32.9 Å². The Morgan fingerprint density at radius 2 is 1.90 bits per heavy atom. The molecule has 21 heavy (non-hydrogen) atoms. The predicted molar refractivity (Wildman–Crippen MR) is 84.1 cm³/mol. The van der Waals surface area contributed by atoms with Crippen LogP contribution in [0, 0.1) is 5.41 Å². The van der Waals surface area contributed by atoms with Crippen molar-refractivity contribution in [3.63, 3.8) is 0 Å². The standard InChI is InChI=1S/C17H27N3O/c1-21-13-12-20-11-7-17(15-20)5-9-19(10-6-17)14-16-4-2-3-8-18-16/h2-4,8H,5-7,9-15H2,1H3. The van der Waals surface area contributed by atoms with Crippen LogP contribution in [0.5, 0.6) is 0 Å². The summed E-state index contributed by atoms with van der Waals surface area (Å²) in [6.07, 6.45) is 5.94. The van der Waals surface area contributed by atoms with Crippen molar-refractivity contribution in [3.8, 4) is 0 Å². The van der Waals surface area contributed by atoms with Gasteiger partial charge in [0.1, 0.15) is 0 Å². The van der Waals surface area contributed by atoms with Crippen LogP contribution in [0.3, 0.4) is 0 Å². The molecule has 0 radical (unpaired) electrons. The molecule has 2 aliphatic heterocycles. The van der Waals surface area contributed by atoms with Crippen LogP contribution in [0.2, 0.25) is 0 Å². The fourth-order valence-corrected chi connectivity index (χ4v) is 3.75. The monoisotopic (exact) mass is 289 g/mol. The fourth-order valence-electron chi connectivity index (χ4n) is 3.75. The van der Waals surface area contributed by atoms with Gasteiger partial charge in [-0.15, -0.1) is 0 Å². The van der Waals surface area contributed by atoms with E-state index in [0.717, 1.165) is 19.7 Å². The molecule has 0 aromatic carbocycles. The quantitative estimate of drug-likeness (QED) is 0.829. The molecule has 1 aromatic rings. The molecule has 0 N–H and O–H groups in total. The molecule has 0 atom stereocenters. The van der Waals surface area contributed by atoms with Crippen molar-refractivity contribution in [2.24, 2.45) is 5.41 Å². The summed E-state index contributed by atoms with van der Waals surface area (Å²) in [5.41, 5.74) is 1.77. The van der Waals surface area contributed by atoms with Crippen LogP contribution in [-0.4, -0.2) is 61.2 Å². The van der Waals surface area contributed by atoms with Crippen LogP contribution in [0.1, 0.15) is 25.0 Å². The SMILES string of the molecule is COCCN1CCC2(CCN(Cc3ccccn3)CC2)C1. The minimum atomic E-state index is 0.578. The number of nitrogens with zero attached hydrogens (tertiary/aromatic N) is 3. The maximum Gasteiger partial charge on any atom is 0.0589 e. The van der Waals surface area contributed by atoms with Crippen LogP contribution in [-0.2, 0) is 11.3 Å². The summed E-state index contributed by atoms with van der Waals surface area (Å²) >= 11 is 0. The third-order valence-electron chi connectivity index (χ3n) is 5.16. The van der Waals surface area contributed by atoms with E-state index in [1.165, 1.54) is 51.1 Å². The lowest BCUT2D eigenvalue weighted by molar-refractivity contribution is 0.0955. The number of hydrogen-bond donors (Lipinski definition) is 0. The largest absolute Gasteiger partial charge is 0.383 e. The Hall–Kier alpha value is -0.970. The third kappa shape index (κ3) is 3.82. The highest BCUT2D eigenvalue weighted by atomic mass is 16.5. The van der Waals surface area contributed by atoms with Crippen molar-refractivity contribution < 1.29 is 4.74 Å². The van der Waals surface area contributed by atoms with Crippen LogP contribution in [0.4, 0.5) is 0 Å². The first-order valence-electron chi connectivity index (χ1n) is 8.13. The van der Waals surface area contributed by atoms with E-state index in [1.807, 2.05) is 12.3 Å². The first-order valence-corrected chi connectivity index (χ1v) is 8.13. The molecule has 0 amide bonds. The molecule has 116 valence electrons. The Labute approximate surface area is 128 Å². The van der Waals surface area contributed by atoms with Gasteiger partial charge in [-0.3, -0.25) is 9.88 Å². The lowest BCUT2D eigenvalue weighted by Gasteiger charge is -2.39. The van der Waals surface area contributed by atoms with E-state index in [9.17, 15) is 0 Å². The summed E-state index contributed by atoms with van der Waals surface area (Å²) in [6, 6.07) is 6.20. The average Bonchev–Trinajstić information content (AvgIpc) is 2.92. The number of likely N-dealkylation sites (tertiary alicyclic amines) is 2. The van der Waals surface area contributed by atoms with Crippen molar-refractivity contribution >= 4 is 0 Å². The van der Waals surface area contributed by atoms with Gasteiger partial charge in [-0.1, -0.05) is 6.07 Å². The Balaban J connectivity index is 1.47. The molecule has 1 aromatic heterocycles. The summed E-state index contributed by atoms with van der Waals surface area (Å²) in [5.74, 6) is 0. The second-order valence-electron chi connectivity index (χ2n) is 6.62. The molecular weight excluding hydrogens is 262 g/mol. The smallest absolute Gasteiger partial charge is 0.0589 e. The molecule has 0 saturated carbocycles. The van der Waals surface area contributed by atoms with E-state index in [-0.39, 0.29) is 0 Å². The number of methoxy groups -OCH3 is 1. The summed E-state index contributed by atoms with van der Waals surface area (Å²) in [6.45, 7) is 7.92. The lowest BCUT2D eigenvalue weighted by Crippen LogP contribution is -2.41. The molecule has 0 bridgehead atoms. The van der Waals surface area contributed by atoms with Crippen molar-refractivity contribution in [2.75, 3.05) is 46.4 Å². The third-order valence-corrected chi connectivity index (χ3v) is 5.16. The van der Waals surface area contributed by atoms with Crippen molar-refractivity contribution in [1.82, 2.24) is 14.8 Å². The Morgan fingerprint density at radius 1 is 1.14 bits per heavy atom. The van der Waals surface area contributed by atoms with Crippen LogP contribution < -0.4 is 0 Å². The molecule has 2 saturated heterocycles. The first kappa shape index (κ1) is 14.9. The van der Waals surface area contributed by atoms with Gasteiger partial charge in [0.05, 0.1) is 12.3 Å². The maximum atomic E-state index is 5.21. The highest BCUT2D eigenvalue weighted by Crippen LogP contribution is 2.40. The molecule has 0 aliphatic carbocycles. The summed E-state index contributed by atoms with van der Waals surface area (Å²) < 4.78 is 5.21. The van der Waals surface area contributed by atoms with E-state index in [4.69, 9.17) is 4.74 Å². The fraction of sp³-hybridized carbons (Fsp3) is 0.706. The summed E-state index contributed by atoms with van der Waals surface area (Å²) in [5, 5.41) is 0. The van der Waals surface area contributed by atoms with Crippen molar-refractivity contribution in [1.29, 1.82) is 0 Å². The van der Waals surface area contributed by atoms with Crippen LogP contribution in [0.15, 0.2) is 24.4 Å². The van der Waals surface area contributed by atoms with Gasteiger partial charge in [-0.05, 0) is 56.4 Å². The van der Waals surface area contributed by atoms with E-state index >= 15 is 0 Å². The molecule has 4 heteroatoms. The minimum absolute atomic E-state index is 0.578. The zero-order valence-electron chi connectivity index (χ0n) is 13.1. The topological polar surface area (TPSA) is 28.6 Å². The zero-order chi connectivity index (χ0) is 14.5. The highest BCUT2D eigenvalue weighted by molar-refractivity contribution is 5.04. The van der Waals surface area contributed by atoms with Gasteiger partial charge < -0.3 is 9.64 Å². The number of rotatable bonds is 5. The Bertz CT molecular complexity index is 429. The summed E-state index contributed by atoms with van der Waals surface area (Å²) in [7, 11) is 1.79. The van der Waals surface area contributed by atoms with Gasteiger partial charge in [0.25, 0.3) is 0 Å². The Morgan fingerprint density at radius 3 is 2.57 bits per heavy atom. The molecular formula is C17H27N3O. The summed E-state index contributed by atoms with van der Waals surface area (Å²) in [4.78, 5) is 9.59. The second kappa shape index (κ2) is 6.86. The number of ether oxygens (including phenoxy) is 1. The molecule has 4 nitrogen and oxygen atoms in total. The molecule has 2 fully saturated rings. The normalized spacial score (nSPS) is 22.9. The predicted octanol–water partition coefficient (Wildman–Crippen LogP) is 2.02. The number of piperidine rings is 1. The maximum absolute atomic E-state index is 5.21. The number of hydrogen-bond acceptors (Lipinski definition) is 4. The van der Waals surface area contributed by atoms with Gasteiger partial charge in [-0.2, -0.15) is 0 Å². The van der Waals surface area contributed by atoms with Crippen LogP contribution in [0.25, 0.3) is 0 Å². The Kier molecular flexibility index (Phi) is 4.88. The van der Waals surface area contributed by atoms with E-state index in [1.54, 1.807) is 7.11 Å². The molecule has 3 rings (SSSR count). The highest BCUT2D eigenvalue weighted by Gasteiger charge is 2.40. The van der Waals surface area contributed by atoms with Crippen molar-refractivity contribution in [2.45, 2.75) is 25.8 Å². The number of pyridine rings is 1. The van der Waals surface area contributed by atoms with E-state index in [2.05, 4.69) is 26.9 Å². The lowest BCUT2D eigenvalue weighted by atomic mass is 9.78. The van der Waals surface area contributed by atoms with Gasteiger partial charge in [0.15, 0.2) is 0 Å². The molecule has 0 unspecified atom stereocenters.